The van der Waals surface area contributed by atoms with Crippen LogP contribution >= 0.6 is 0 Å². The second-order valence-corrected chi connectivity index (χ2v) is 3.07. The van der Waals surface area contributed by atoms with Crippen molar-refractivity contribution in [3.05, 3.63) is 47.9 Å². The van der Waals surface area contributed by atoms with Gasteiger partial charge in [0.1, 0.15) is 0 Å². The van der Waals surface area contributed by atoms with Crippen LogP contribution in [-0.4, -0.2) is 4.57 Å². The highest BCUT2D eigenvalue weighted by atomic mass is 14.9. The molecule has 0 saturated heterocycles. The number of hydrogen-bond acceptors (Lipinski definition) is 1. The fourth-order valence-electron chi connectivity index (χ4n) is 1.42. The molecule has 0 unspecified atom stereocenters. The molecule has 0 bridgehead atoms. The molecule has 2 N–H and O–H groups in total. The van der Waals surface area contributed by atoms with E-state index in [4.69, 9.17) is 5.73 Å². The molecule has 1 aromatic rings. The number of hydrogen-bond donors (Lipinski definition) is 1. The minimum absolute atomic E-state index is 0.900. The quantitative estimate of drug-likeness (QED) is 0.700. The standard InChI is InChI=1S/C10H12N2/c11-10-4-3-9(7-10)8-12-5-1-2-6-12/h1-2,4-7H,3,8,11H2. The molecule has 1 heterocycles. The van der Waals surface area contributed by atoms with Gasteiger partial charge in [-0.1, -0.05) is 6.08 Å². The Hall–Kier alpha value is -1.44. The van der Waals surface area contributed by atoms with E-state index in [2.05, 4.69) is 29.1 Å². The highest BCUT2D eigenvalue weighted by Gasteiger charge is 2.03. The third-order valence-electron chi connectivity index (χ3n) is 2.02. The van der Waals surface area contributed by atoms with Crippen LogP contribution in [0.15, 0.2) is 47.9 Å². The summed E-state index contributed by atoms with van der Waals surface area (Å²) in [5.41, 5.74) is 7.91. The van der Waals surface area contributed by atoms with E-state index in [1.54, 1.807) is 0 Å². The van der Waals surface area contributed by atoms with E-state index in [0.717, 1.165) is 18.7 Å². The number of nitrogens with zero attached hydrogens (tertiary/aromatic N) is 1. The maximum absolute atomic E-state index is 5.63. The van der Waals surface area contributed by atoms with Crippen LogP contribution in [0.3, 0.4) is 0 Å². The molecule has 1 aliphatic rings. The van der Waals surface area contributed by atoms with E-state index in [1.165, 1.54) is 5.57 Å². The molecule has 0 spiro atoms. The highest BCUT2D eigenvalue weighted by Crippen LogP contribution is 2.15. The summed E-state index contributed by atoms with van der Waals surface area (Å²) in [5.74, 6) is 0. The van der Waals surface area contributed by atoms with Crippen LogP contribution in [0.1, 0.15) is 6.42 Å². The molecule has 0 atom stereocenters. The fraction of sp³-hybridized carbons (Fsp3) is 0.200. The van der Waals surface area contributed by atoms with Crippen molar-refractivity contribution in [3.63, 3.8) is 0 Å². The number of aromatic nitrogens is 1. The Bertz CT molecular complexity index is 318. The van der Waals surface area contributed by atoms with Crippen molar-refractivity contribution >= 4 is 0 Å². The lowest BCUT2D eigenvalue weighted by molar-refractivity contribution is 0.779. The van der Waals surface area contributed by atoms with Crippen LogP contribution in [0.4, 0.5) is 0 Å². The molecule has 2 heteroatoms. The van der Waals surface area contributed by atoms with Crippen molar-refractivity contribution in [2.24, 2.45) is 5.73 Å². The lowest BCUT2D eigenvalue weighted by atomic mass is 10.2. The summed E-state index contributed by atoms with van der Waals surface area (Å²) in [7, 11) is 0. The normalized spacial score (nSPS) is 16.0. The molecule has 2 nitrogen and oxygen atoms in total. The van der Waals surface area contributed by atoms with Crippen molar-refractivity contribution in [2.45, 2.75) is 13.0 Å². The summed E-state index contributed by atoms with van der Waals surface area (Å²) < 4.78 is 2.15. The molecule has 12 heavy (non-hydrogen) atoms. The molecule has 0 aliphatic heterocycles. The first-order valence-corrected chi connectivity index (χ1v) is 4.10. The Morgan fingerprint density at radius 3 is 2.67 bits per heavy atom. The fourth-order valence-corrected chi connectivity index (χ4v) is 1.42. The molecule has 1 aromatic heterocycles. The molecule has 0 aromatic carbocycles. The monoisotopic (exact) mass is 160 g/mol. The lowest BCUT2D eigenvalue weighted by Gasteiger charge is -2.02. The number of rotatable bonds is 2. The number of nitrogens with two attached hydrogens (primary N) is 1. The zero-order valence-electron chi connectivity index (χ0n) is 6.90. The van der Waals surface area contributed by atoms with Crippen molar-refractivity contribution < 1.29 is 0 Å². The van der Waals surface area contributed by atoms with Gasteiger partial charge in [-0.2, -0.15) is 0 Å². The van der Waals surface area contributed by atoms with Gasteiger partial charge in [0.15, 0.2) is 0 Å². The van der Waals surface area contributed by atoms with Crippen molar-refractivity contribution in [1.82, 2.24) is 4.57 Å². The van der Waals surface area contributed by atoms with E-state index in [1.807, 2.05) is 12.1 Å². The van der Waals surface area contributed by atoms with Crippen LogP contribution in [0, 0.1) is 0 Å². The predicted octanol–water partition coefficient (Wildman–Crippen LogP) is 1.66. The molecule has 0 amide bonds. The molecule has 1 aliphatic carbocycles. The van der Waals surface area contributed by atoms with Gasteiger partial charge in [-0.05, 0) is 30.2 Å². The van der Waals surface area contributed by atoms with Gasteiger partial charge < -0.3 is 10.3 Å². The van der Waals surface area contributed by atoms with Gasteiger partial charge in [-0.15, -0.1) is 0 Å². The Balaban J connectivity index is 2.03. The van der Waals surface area contributed by atoms with Gasteiger partial charge in [0.2, 0.25) is 0 Å². The Morgan fingerprint density at radius 1 is 1.33 bits per heavy atom. The van der Waals surface area contributed by atoms with Crippen molar-refractivity contribution in [1.29, 1.82) is 0 Å². The molecule has 62 valence electrons. The third kappa shape index (κ3) is 1.42. The summed E-state index contributed by atoms with van der Waals surface area (Å²) in [4.78, 5) is 0. The Labute approximate surface area is 72.0 Å². The molecular weight excluding hydrogens is 148 g/mol. The van der Waals surface area contributed by atoms with Crippen LogP contribution < -0.4 is 5.73 Å². The Morgan fingerprint density at radius 2 is 2.08 bits per heavy atom. The summed E-state index contributed by atoms with van der Waals surface area (Å²) in [5, 5.41) is 0. The number of allylic oxidation sites excluding steroid dienone is 3. The first kappa shape index (κ1) is 7.22. The zero-order chi connectivity index (χ0) is 8.39. The average molecular weight is 160 g/mol. The van der Waals surface area contributed by atoms with E-state index in [0.29, 0.717) is 0 Å². The topological polar surface area (TPSA) is 30.9 Å². The van der Waals surface area contributed by atoms with Gasteiger partial charge in [-0.25, -0.2) is 0 Å². The predicted molar refractivity (Wildman–Crippen MR) is 49.4 cm³/mol. The van der Waals surface area contributed by atoms with E-state index >= 15 is 0 Å². The highest BCUT2D eigenvalue weighted by molar-refractivity contribution is 5.30. The minimum Gasteiger partial charge on any atom is -0.399 e. The molecule has 2 rings (SSSR count). The van der Waals surface area contributed by atoms with Crippen LogP contribution in [0.5, 0.6) is 0 Å². The van der Waals surface area contributed by atoms with E-state index in [9.17, 15) is 0 Å². The van der Waals surface area contributed by atoms with Gasteiger partial charge >= 0.3 is 0 Å². The largest absolute Gasteiger partial charge is 0.399 e. The van der Waals surface area contributed by atoms with Crippen LogP contribution in [0.25, 0.3) is 0 Å². The first-order valence-electron chi connectivity index (χ1n) is 4.10. The van der Waals surface area contributed by atoms with Gasteiger partial charge in [0, 0.05) is 24.6 Å². The van der Waals surface area contributed by atoms with Crippen molar-refractivity contribution in [2.75, 3.05) is 0 Å². The Kier molecular flexibility index (Phi) is 1.74. The molecular formula is C10H12N2. The first-order chi connectivity index (χ1) is 5.84. The van der Waals surface area contributed by atoms with Gasteiger partial charge in [0.25, 0.3) is 0 Å². The zero-order valence-corrected chi connectivity index (χ0v) is 6.90. The summed E-state index contributed by atoms with van der Waals surface area (Å²) >= 11 is 0. The summed E-state index contributed by atoms with van der Waals surface area (Å²) in [6.45, 7) is 0.962. The smallest absolute Gasteiger partial charge is 0.0436 e. The van der Waals surface area contributed by atoms with E-state index < -0.39 is 0 Å². The summed E-state index contributed by atoms with van der Waals surface area (Å²) in [6.07, 6.45) is 9.24. The van der Waals surface area contributed by atoms with Gasteiger partial charge in [0.05, 0.1) is 0 Å². The second-order valence-electron chi connectivity index (χ2n) is 3.07. The van der Waals surface area contributed by atoms with Gasteiger partial charge in [-0.3, -0.25) is 0 Å². The molecule has 0 fully saturated rings. The lowest BCUT2D eigenvalue weighted by Crippen LogP contribution is -1.96. The second kappa shape index (κ2) is 2.89. The van der Waals surface area contributed by atoms with Crippen LogP contribution in [0.2, 0.25) is 0 Å². The summed E-state index contributed by atoms with van der Waals surface area (Å²) in [6, 6.07) is 4.07. The SMILES string of the molecule is NC1=CCC(Cn2cccc2)=C1. The molecule has 0 radical (unpaired) electrons. The van der Waals surface area contributed by atoms with Crippen molar-refractivity contribution in [3.8, 4) is 0 Å². The third-order valence-corrected chi connectivity index (χ3v) is 2.02. The molecule has 0 saturated carbocycles. The van der Waals surface area contributed by atoms with Crippen LogP contribution in [-0.2, 0) is 6.54 Å². The average Bonchev–Trinajstić information content (AvgIpc) is 2.63. The maximum atomic E-state index is 5.63. The minimum atomic E-state index is 0.900. The maximum Gasteiger partial charge on any atom is 0.0436 e. The van der Waals surface area contributed by atoms with E-state index in [-0.39, 0.29) is 0 Å².